The third-order valence-corrected chi connectivity index (χ3v) is 3.64. The molecule has 4 nitrogen and oxygen atoms in total. The maximum atomic E-state index is 12.3. The molecule has 1 amide bonds. The standard InChI is InChI=1S/C17H22N2O2/c1-13-4-5-16(15(11-13)3-2-8-18)17(20)19-12-14-6-9-21-10-7-14/h4-5,11,14H,6-10,12,18H2,1H3,(H,19,20). The van der Waals surface area contributed by atoms with Crippen molar-refractivity contribution in [1.82, 2.24) is 5.32 Å². The average Bonchev–Trinajstić information content (AvgIpc) is 2.51. The number of hydrogen-bond donors (Lipinski definition) is 2. The molecule has 1 fully saturated rings. The minimum Gasteiger partial charge on any atom is -0.381 e. The number of benzene rings is 1. The fourth-order valence-electron chi connectivity index (χ4n) is 2.39. The number of aryl methyl sites for hydroxylation is 1. The van der Waals surface area contributed by atoms with Gasteiger partial charge in [-0.25, -0.2) is 0 Å². The minimum absolute atomic E-state index is 0.0668. The second-order valence-corrected chi connectivity index (χ2v) is 5.32. The van der Waals surface area contributed by atoms with Gasteiger partial charge in [0.05, 0.1) is 12.1 Å². The largest absolute Gasteiger partial charge is 0.381 e. The number of amides is 1. The molecular formula is C17H22N2O2. The molecule has 3 N–H and O–H groups in total. The Kier molecular flexibility index (Phi) is 5.79. The molecule has 0 spiro atoms. The summed E-state index contributed by atoms with van der Waals surface area (Å²) in [6.45, 7) is 4.55. The molecule has 1 heterocycles. The molecule has 4 heteroatoms. The lowest BCUT2D eigenvalue weighted by molar-refractivity contribution is 0.0642. The molecular weight excluding hydrogens is 264 g/mol. The van der Waals surface area contributed by atoms with Gasteiger partial charge < -0.3 is 15.8 Å². The third-order valence-electron chi connectivity index (χ3n) is 3.64. The zero-order valence-corrected chi connectivity index (χ0v) is 12.4. The van der Waals surface area contributed by atoms with Crippen LogP contribution in [-0.2, 0) is 4.74 Å². The zero-order valence-electron chi connectivity index (χ0n) is 12.4. The van der Waals surface area contributed by atoms with Crippen molar-refractivity contribution in [2.75, 3.05) is 26.3 Å². The summed E-state index contributed by atoms with van der Waals surface area (Å²) in [6.07, 6.45) is 2.02. The van der Waals surface area contributed by atoms with Gasteiger partial charge in [0.2, 0.25) is 0 Å². The van der Waals surface area contributed by atoms with Gasteiger partial charge in [0.15, 0.2) is 0 Å². The van der Waals surface area contributed by atoms with Crippen LogP contribution in [0.25, 0.3) is 0 Å². The molecule has 1 aliphatic rings. The van der Waals surface area contributed by atoms with Gasteiger partial charge in [-0.2, -0.15) is 0 Å². The number of hydrogen-bond acceptors (Lipinski definition) is 3. The van der Waals surface area contributed by atoms with Crippen molar-refractivity contribution < 1.29 is 9.53 Å². The highest BCUT2D eigenvalue weighted by molar-refractivity contribution is 5.96. The SMILES string of the molecule is Cc1ccc(C(=O)NCC2CCOCC2)c(C#CCN)c1. The highest BCUT2D eigenvalue weighted by Crippen LogP contribution is 2.15. The van der Waals surface area contributed by atoms with Crippen LogP contribution in [0.2, 0.25) is 0 Å². The minimum atomic E-state index is -0.0668. The molecule has 1 aromatic rings. The van der Waals surface area contributed by atoms with E-state index in [4.69, 9.17) is 10.5 Å². The Labute approximate surface area is 126 Å². The first-order valence-electron chi connectivity index (χ1n) is 7.36. The molecule has 21 heavy (non-hydrogen) atoms. The number of nitrogens with one attached hydrogen (secondary N) is 1. The quantitative estimate of drug-likeness (QED) is 0.827. The van der Waals surface area contributed by atoms with Gasteiger partial charge in [0, 0.05) is 25.3 Å². The Morgan fingerprint density at radius 2 is 2.19 bits per heavy atom. The van der Waals surface area contributed by atoms with Gasteiger partial charge >= 0.3 is 0 Å². The number of nitrogens with two attached hydrogens (primary N) is 1. The van der Waals surface area contributed by atoms with E-state index in [0.29, 0.717) is 18.0 Å². The highest BCUT2D eigenvalue weighted by Gasteiger charge is 2.16. The summed E-state index contributed by atoms with van der Waals surface area (Å²) in [6, 6.07) is 5.68. The lowest BCUT2D eigenvalue weighted by Gasteiger charge is -2.22. The third kappa shape index (κ3) is 4.59. The molecule has 0 saturated carbocycles. The van der Waals surface area contributed by atoms with Crippen molar-refractivity contribution in [3.63, 3.8) is 0 Å². The lowest BCUT2D eigenvalue weighted by atomic mass is 9.99. The first-order chi connectivity index (χ1) is 10.2. The topological polar surface area (TPSA) is 64.3 Å². The summed E-state index contributed by atoms with van der Waals surface area (Å²) in [4.78, 5) is 12.3. The van der Waals surface area contributed by atoms with E-state index in [9.17, 15) is 4.79 Å². The van der Waals surface area contributed by atoms with Crippen LogP contribution in [0.15, 0.2) is 18.2 Å². The number of carbonyl (C=O) groups excluding carboxylic acids is 1. The Hall–Kier alpha value is -1.83. The summed E-state index contributed by atoms with van der Waals surface area (Å²) < 4.78 is 5.32. The Morgan fingerprint density at radius 3 is 2.90 bits per heavy atom. The summed E-state index contributed by atoms with van der Waals surface area (Å²) in [5, 5.41) is 3.01. The van der Waals surface area contributed by atoms with Gasteiger partial charge in [0.25, 0.3) is 5.91 Å². The number of rotatable bonds is 3. The van der Waals surface area contributed by atoms with Crippen molar-refractivity contribution in [3.8, 4) is 11.8 Å². The summed E-state index contributed by atoms with van der Waals surface area (Å²) in [7, 11) is 0. The molecule has 0 aromatic heterocycles. The van der Waals surface area contributed by atoms with Crippen LogP contribution < -0.4 is 11.1 Å². The van der Waals surface area contributed by atoms with E-state index in [1.54, 1.807) is 0 Å². The average molecular weight is 286 g/mol. The van der Waals surface area contributed by atoms with E-state index in [1.165, 1.54) is 0 Å². The first kappa shape index (κ1) is 15.6. The number of carbonyl (C=O) groups is 1. The van der Waals surface area contributed by atoms with E-state index < -0.39 is 0 Å². The molecule has 1 aromatic carbocycles. The van der Waals surface area contributed by atoms with Gasteiger partial charge in [0.1, 0.15) is 0 Å². The Morgan fingerprint density at radius 1 is 1.43 bits per heavy atom. The van der Waals surface area contributed by atoms with E-state index in [1.807, 2.05) is 25.1 Å². The molecule has 0 unspecified atom stereocenters. The summed E-state index contributed by atoms with van der Waals surface area (Å²) in [5.41, 5.74) is 7.85. The zero-order chi connectivity index (χ0) is 15.1. The summed E-state index contributed by atoms with van der Waals surface area (Å²) >= 11 is 0. The van der Waals surface area contributed by atoms with Crippen molar-refractivity contribution in [2.24, 2.45) is 11.7 Å². The molecule has 0 atom stereocenters. The van der Waals surface area contributed by atoms with Gasteiger partial charge in [-0.15, -0.1) is 0 Å². The van der Waals surface area contributed by atoms with Crippen molar-refractivity contribution in [3.05, 3.63) is 34.9 Å². The predicted octanol–water partition coefficient (Wildman–Crippen LogP) is 1.46. The fraction of sp³-hybridized carbons (Fsp3) is 0.471. The molecule has 1 aliphatic heterocycles. The van der Waals surface area contributed by atoms with E-state index in [0.717, 1.165) is 37.2 Å². The molecule has 1 saturated heterocycles. The predicted molar refractivity (Wildman–Crippen MR) is 83.0 cm³/mol. The molecule has 0 bridgehead atoms. The van der Waals surface area contributed by atoms with Crippen LogP contribution in [0.3, 0.4) is 0 Å². The monoisotopic (exact) mass is 286 g/mol. The van der Waals surface area contributed by atoms with E-state index in [-0.39, 0.29) is 12.5 Å². The molecule has 0 radical (unpaired) electrons. The fourth-order valence-corrected chi connectivity index (χ4v) is 2.39. The smallest absolute Gasteiger partial charge is 0.252 e. The molecule has 112 valence electrons. The van der Waals surface area contributed by atoms with Crippen molar-refractivity contribution in [1.29, 1.82) is 0 Å². The van der Waals surface area contributed by atoms with E-state index in [2.05, 4.69) is 17.2 Å². The normalized spacial score (nSPS) is 15.1. The van der Waals surface area contributed by atoms with Crippen LogP contribution in [0.5, 0.6) is 0 Å². The van der Waals surface area contributed by atoms with Crippen LogP contribution in [0.4, 0.5) is 0 Å². The maximum absolute atomic E-state index is 12.3. The Balaban J connectivity index is 2.03. The van der Waals surface area contributed by atoms with Crippen molar-refractivity contribution >= 4 is 5.91 Å². The van der Waals surface area contributed by atoms with E-state index >= 15 is 0 Å². The van der Waals surface area contributed by atoms with Crippen LogP contribution >= 0.6 is 0 Å². The lowest BCUT2D eigenvalue weighted by Crippen LogP contribution is -2.32. The second kappa shape index (κ2) is 7.82. The first-order valence-corrected chi connectivity index (χ1v) is 7.36. The highest BCUT2D eigenvalue weighted by atomic mass is 16.5. The van der Waals surface area contributed by atoms with Gasteiger partial charge in [-0.1, -0.05) is 17.9 Å². The van der Waals surface area contributed by atoms with Crippen LogP contribution in [0.1, 0.15) is 34.3 Å². The number of ether oxygens (including phenoxy) is 1. The van der Waals surface area contributed by atoms with Gasteiger partial charge in [-0.3, -0.25) is 4.79 Å². The van der Waals surface area contributed by atoms with Crippen molar-refractivity contribution in [2.45, 2.75) is 19.8 Å². The molecule has 2 rings (SSSR count). The summed E-state index contributed by atoms with van der Waals surface area (Å²) in [5.74, 6) is 6.23. The maximum Gasteiger partial charge on any atom is 0.252 e. The van der Waals surface area contributed by atoms with Crippen LogP contribution in [0, 0.1) is 24.7 Å². The molecule has 0 aliphatic carbocycles. The second-order valence-electron chi connectivity index (χ2n) is 5.32. The Bertz CT molecular complexity index is 552. The van der Waals surface area contributed by atoms with Gasteiger partial charge in [-0.05, 0) is 43.4 Å². The van der Waals surface area contributed by atoms with Crippen LogP contribution in [-0.4, -0.2) is 32.2 Å².